The second-order valence-electron chi connectivity index (χ2n) is 5.37. The third kappa shape index (κ3) is 3.09. The Morgan fingerprint density at radius 2 is 2.09 bits per heavy atom. The molecule has 1 aliphatic rings. The molecule has 5 heteroatoms. The maximum Gasteiger partial charge on any atom is 0.220 e. The van der Waals surface area contributed by atoms with Crippen LogP contribution in [0.1, 0.15) is 46.1 Å². The molecule has 0 saturated heterocycles. The average molecular weight is 317 g/mol. The van der Waals surface area contributed by atoms with Gasteiger partial charge in [-0.25, -0.2) is 4.39 Å². The zero-order valence-corrected chi connectivity index (χ0v) is 12.8. The van der Waals surface area contributed by atoms with Crippen molar-refractivity contribution in [2.45, 2.75) is 31.7 Å². The highest BCUT2D eigenvalue weighted by Crippen LogP contribution is 2.32. The number of rotatable bonds is 5. The van der Waals surface area contributed by atoms with Gasteiger partial charge in [0.25, 0.3) is 0 Å². The maximum absolute atomic E-state index is 13.7. The second-order valence-corrected chi connectivity index (χ2v) is 6.31. The zero-order valence-electron chi connectivity index (χ0n) is 12.0. The first kappa shape index (κ1) is 14.9. The number of ketones is 1. The maximum atomic E-state index is 13.7. The summed E-state index contributed by atoms with van der Waals surface area (Å²) >= 11 is 1.38. The SMILES string of the molecule is O=C(CCC(=O)c1cccs1)NC1CCc2c(F)cccc21. The first-order chi connectivity index (χ1) is 10.6. The molecule has 0 aliphatic heterocycles. The van der Waals surface area contributed by atoms with Crippen LogP contribution >= 0.6 is 11.3 Å². The van der Waals surface area contributed by atoms with Gasteiger partial charge in [0.15, 0.2) is 5.78 Å². The van der Waals surface area contributed by atoms with Crippen LogP contribution in [0.5, 0.6) is 0 Å². The first-order valence-corrected chi connectivity index (χ1v) is 8.16. The second kappa shape index (κ2) is 6.40. The molecular formula is C17H16FNO2S. The molecular weight excluding hydrogens is 301 g/mol. The number of halogens is 1. The Balaban J connectivity index is 1.56. The van der Waals surface area contributed by atoms with E-state index in [2.05, 4.69) is 5.32 Å². The van der Waals surface area contributed by atoms with Crippen LogP contribution in [0.15, 0.2) is 35.7 Å². The first-order valence-electron chi connectivity index (χ1n) is 7.28. The Labute approximate surface area is 132 Å². The number of Topliss-reactive ketones (excluding diaryl/α,β-unsaturated/α-hetero) is 1. The van der Waals surface area contributed by atoms with Crippen molar-refractivity contribution >= 4 is 23.0 Å². The minimum atomic E-state index is -0.206. The monoisotopic (exact) mass is 317 g/mol. The van der Waals surface area contributed by atoms with Crippen LogP contribution in [0.2, 0.25) is 0 Å². The molecule has 1 amide bonds. The number of fused-ring (bicyclic) bond motifs is 1. The molecule has 2 aromatic rings. The van der Waals surface area contributed by atoms with Gasteiger partial charge in [-0.2, -0.15) is 0 Å². The minimum Gasteiger partial charge on any atom is -0.349 e. The van der Waals surface area contributed by atoms with E-state index in [-0.39, 0.29) is 36.4 Å². The van der Waals surface area contributed by atoms with Crippen molar-refractivity contribution in [3.63, 3.8) is 0 Å². The molecule has 1 aromatic heterocycles. The van der Waals surface area contributed by atoms with Crippen molar-refractivity contribution in [1.29, 1.82) is 0 Å². The average Bonchev–Trinajstić information content (AvgIpc) is 3.16. The molecule has 1 aliphatic carbocycles. The Hall–Kier alpha value is -2.01. The Morgan fingerprint density at radius 3 is 2.86 bits per heavy atom. The molecule has 114 valence electrons. The van der Waals surface area contributed by atoms with Gasteiger partial charge in [-0.1, -0.05) is 18.2 Å². The molecule has 1 aromatic carbocycles. The molecule has 0 radical (unpaired) electrons. The number of nitrogens with one attached hydrogen (secondary N) is 1. The van der Waals surface area contributed by atoms with Crippen molar-refractivity contribution in [2.24, 2.45) is 0 Å². The van der Waals surface area contributed by atoms with Gasteiger partial charge in [-0.05, 0) is 41.5 Å². The molecule has 1 atom stereocenters. The van der Waals surface area contributed by atoms with E-state index in [4.69, 9.17) is 0 Å². The number of amides is 1. The van der Waals surface area contributed by atoms with Gasteiger partial charge >= 0.3 is 0 Å². The van der Waals surface area contributed by atoms with Gasteiger partial charge in [0.05, 0.1) is 10.9 Å². The van der Waals surface area contributed by atoms with Crippen molar-refractivity contribution in [2.75, 3.05) is 0 Å². The lowest BCUT2D eigenvalue weighted by Gasteiger charge is -2.14. The smallest absolute Gasteiger partial charge is 0.220 e. The number of thiophene rings is 1. The fourth-order valence-corrected chi connectivity index (χ4v) is 3.51. The van der Waals surface area contributed by atoms with E-state index < -0.39 is 0 Å². The van der Waals surface area contributed by atoms with Crippen LogP contribution in [0, 0.1) is 5.82 Å². The molecule has 22 heavy (non-hydrogen) atoms. The molecule has 3 nitrogen and oxygen atoms in total. The summed E-state index contributed by atoms with van der Waals surface area (Å²) in [6.45, 7) is 0. The van der Waals surface area contributed by atoms with Crippen molar-refractivity contribution in [1.82, 2.24) is 5.32 Å². The third-order valence-electron chi connectivity index (χ3n) is 3.92. The van der Waals surface area contributed by atoms with Gasteiger partial charge in [0.2, 0.25) is 5.91 Å². The summed E-state index contributed by atoms with van der Waals surface area (Å²) in [6.07, 6.45) is 1.72. The molecule has 0 saturated carbocycles. The number of carbonyl (C=O) groups is 2. The normalized spacial score (nSPS) is 16.3. The lowest BCUT2D eigenvalue weighted by Crippen LogP contribution is -2.27. The molecule has 1 N–H and O–H groups in total. The van der Waals surface area contributed by atoms with Gasteiger partial charge in [0.1, 0.15) is 5.82 Å². The fourth-order valence-electron chi connectivity index (χ4n) is 2.81. The highest BCUT2D eigenvalue weighted by Gasteiger charge is 2.26. The summed E-state index contributed by atoms with van der Waals surface area (Å²) in [5.74, 6) is -0.378. The molecule has 0 bridgehead atoms. The molecule has 0 spiro atoms. The van der Waals surface area contributed by atoms with E-state index in [0.29, 0.717) is 23.3 Å². The minimum absolute atomic E-state index is 0.0111. The lowest BCUT2D eigenvalue weighted by atomic mass is 10.1. The van der Waals surface area contributed by atoms with Crippen molar-refractivity contribution in [3.05, 3.63) is 57.5 Å². The fraction of sp³-hybridized carbons (Fsp3) is 0.294. The third-order valence-corrected chi connectivity index (χ3v) is 4.83. The summed E-state index contributed by atoms with van der Waals surface area (Å²) in [4.78, 5) is 24.6. The van der Waals surface area contributed by atoms with E-state index >= 15 is 0 Å². The molecule has 1 heterocycles. The van der Waals surface area contributed by atoms with Crippen molar-refractivity contribution in [3.8, 4) is 0 Å². The highest BCUT2D eigenvalue weighted by atomic mass is 32.1. The quantitative estimate of drug-likeness (QED) is 0.856. The molecule has 3 rings (SSSR count). The van der Waals surface area contributed by atoms with Crippen molar-refractivity contribution < 1.29 is 14.0 Å². The molecule has 1 unspecified atom stereocenters. The van der Waals surface area contributed by atoms with Gasteiger partial charge in [-0.15, -0.1) is 11.3 Å². The largest absolute Gasteiger partial charge is 0.349 e. The number of benzene rings is 1. The van der Waals surface area contributed by atoms with Crippen LogP contribution < -0.4 is 5.32 Å². The van der Waals surface area contributed by atoms with E-state index in [9.17, 15) is 14.0 Å². The zero-order chi connectivity index (χ0) is 15.5. The number of carbonyl (C=O) groups excluding carboxylic acids is 2. The van der Waals surface area contributed by atoms with Gasteiger partial charge < -0.3 is 5.32 Å². The molecule has 0 fully saturated rings. The summed E-state index contributed by atoms with van der Waals surface area (Å²) < 4.78 is 13.7. The Morgan fingerprint density at radius 1 is 1.23 bits per heavy atom. The number of hydrogen-bond acceptors (Lipinski definition) is 3. The van der Waals surface area contributed by atoms with Gasteiger partial charge in [0, 0.05) is 12.8 Å². The lowest BCUT2D eigenvalue weighted by molar-refractivity contribution is -0.121. The summed E-state index contributed by atoms with van der Waals surface area (Å²) in [5, 5.41) is 4.75. The van der Waals surface area contributed by atoms with Crippen LogP contribution in [-0.4, -0.2) is 11.7 Å². The predicted molar refractivity (Wildman–Crippen MR) is 83.5 cm³/mol. The topological polar surface area (TPSA) is 46.2 Å². The van der Waals surface area contributed by atoms with E-state index in [1.54, 1.807) is 12.1 Å². The summed E-state index contributed by atoms with van der Waals surface area (Å²) in [7, 11) is 0. The van der Waals surface area contributed by atoms with E-state index in [0.717, 1.165) is 5.56 Å². The van der Waals surface area contributed by atoms with Gasteiger partial charge in [-0.3, -0.25) is 9.59 Å². The van der Waals surface area contributed by atoms with E-state index in [1.807, 2.05) is 17.5 Å². The Kier molecular flexibility index (Phi) is 4.34. The van der Waals surface area contributed by atoms with Crippen LogP contribution in [-0.2, 0) is 11.2 Å². The highest BCUT2D eigenvalue weighted by molar-refractivity contribution is 7.12. The number of hydrogen-bond donors (Lipinski definition) is 1. The van der Waals surface area contributed by atoms with Crippen LogP contribution in [0.25, 0.3) is 0 Å². The summed E-state index contributed by atoms with van der Waals surface area (Å²) in [6, 6.07) is 8.41. The van der Waals surface area contributed by atoms with Crippen LogP contribution in [0.3, 0.4) is 0 Å². The van der Waals surface area contributed by atoms with Crippen LogP contribution in [0.4, 0.5) is 4.39 Å². The van der Waals surface area contributed by atoms with E-state index in [1.165, 1.54) is 17.4 Å². The standard InChI is InChI=1S/C17H16FNO2S/c18-13-4-1-3-12-11(13)6-7-14(12)19-17(21)9-8-15(20)16-5-2-10-22-16/h1-5,10,14H,6-9H2,(H,19,21). The Bertz CT molecular complexity index is 697. The predicted octanol–water partition coefficient (Wildman–Crippen LogP) is 3.65. The summed E-state index contributed by atoms with van der Waals surface area (Å²) in [5.41, 5.74) is 1.56.